The lowest BCUT2D eigenvalue weighted by atomic mass is 10.0. The first-order valence-corrected chi connectivity index (χ1v) is 10.9. The van der Waals surface area contributed by atoms with Crippen molar-refractivity contribution in [3.8, 4) is 33.5 Å². The number of aromatic nitrogens is 2. The van der Waals surface area contributed by atoms with Gasteiger partial charge in [0.1, 0.15) is 5.65 Å². The highest BCUT2D eigenvalue weighted by atomic mass is 79.9. The van der Waals surface area contributed by atoms with E-state index in [-0.39, 0.29) is 5.97 Å². The summed E-state index contributed by atoms with van der Waals surface area (Å²) in [5.41, 5.74) is 7.50. The molecule has 0 fully saturated rings. The third-order valence-electron chi connectivity index (χ3n) is 5.42. The number of esters is 1. The van der Waals surface area contributed by atoms with Gasteiger partial charge in [-0.3, -0.25) is 0 Å². The number of benzene rings is 3. The van der Waals surface area contributed by atoms with Crippen molar-refractivity contribution in [2.24, 2.45) is 0 Å². The van der Waals surface area contributed by atoms with Crippen molar-refractivity contribution in [3.05, 3.63) is 107 Å². The van der Waals surface area contributed by atoms with Gasteiger partial charge < -0.3 is 9.14 Å². The maximum Gasteiger partial charge on any atom is 0.337 e. The minimum Gasteiger partial charge on any atom is -0.465 e. The molecule has 0 radical (unpaired) electrons. The Balaban J connectivity index is 1.70. The molecule has 0 aliphatic rings. The van der Waals surface area contributed by atoms with Crippen LogP contribution in [0.25, 0.3) is 39.2 Å². The molecule has 0 N–H and O–H groups in total. The number of halogens is 1. The fourth-order valence-corrected chi connectivity index (χ4v) is 4.03. The van der Waals surface area contributed by atoms with Gasteiger partial charge in [0.25, 0.3) is 0 Å². The number of hydrogen-bond acceptors (Lipinski definition) is 3. The molecular formula is C27H19BrN2O2. The van der Waals surface area contributed by atoms with Gasteiger partial charge in [0.15, 0.2) is 0 Å². The SMILES string of the molecule is COC(=O)c1ccc(-c2cc(-c3ccc(Br)cc3)cn3cc(-c4ccccc4)nc23)cc1. The van der Waals surface area contributed by atoms with Gasteiger partial charge in [0.2, 0.25) is 0 Å². The van der Waals surface area contributed by atoms with Gasteiger partial charge in [-0.15, -0.1) is 0 Å². The van der Waals surface area contributed by atoms with Crippen LogP contribution in [0.15, 0.2) is 102 Å². The van der Waals surface area contributed by atoms with Crippen LogP contribution in [0.1, 0.15) is 10.4 Å². The van der Waals surface area contributed by atoms with E-state index in [2.05, 4.69) is 63.1 Å². The summed E-state index contributed by atoms with van der Waals surface area (Å²) in [6.45, 7) is 0. The summed E-state index contributed by atoms with van der Waals surface area (Å²) in [6.07, 6.45) is 4.16. The van der Waals surface area contributed by atoms with Gasteiger partial charge in [0, 0.05) is 28.0 Å². The molecule has 0 aliphatic carbocycles. The summed E-state index contributed by atoms with van der Waals surface area (Å²) in [6, 6.07) is 28.0. The molecule has 4 nitrogen and oxygen atoms in total. The number of carbonyl (C=O) groups excluding carboxylic acids is 1. The van der Waals surface area contributed by atoms with Crippen LogP contribution in [-0.4, -0.2) is 22.5 Å². The Morgan fingerprint density at radius 2 is 1.50 bits per heavy atom. The standard InChI is InChI=1S/C27H19BrN2O2/c1-32-27(31)21-9-7-19(8-10-21)24-15-22(18-11-13-23(28)14-12-18)16-30-17-25(29-26(24)30)20-5-3-2-4-6-20/h2-17H,1H3. The minimum absolute atomic E-state index is 0.350. The Morgan fingerprint density at radius 1 is 0.812 bits per heavy atom. The van der Waals surface area contributed by atoms with Gasteiger partial charge in [-0.05, 0) is 47.0 Å². The first-order valence-electron chi connectivity index (χ1n) is 10.2. The molecule has 2 aromatic heterocycles. The van der Waals surface area contributed by atoms with Crippen molar-refractivity contribution < 1.29 is 9.53 Å². The summed E-state index contributed by atoms with van der Waals surface area (Å²) < 4.78 is 7.94. The summed E-state index contributed by atoms with van der Waals surface area (Å²) in [5.74, 6) is -0.350. The Labute approximate surface area is 194 Å². The zero-order chi connectivity index (χ0) is 22.1. The van der Waals surface area contributed by atoms with Gasteiger partial charge in [-0.1, -0.05) is 70.5 Å². The van der Waals surface area contributed by atoms with E-state index in [1.165, 1.54) is 7.11 Å². The highest BCUT2D eigenvalue weighted by Gasteiger charge is 2.14. The fraction of sp³-hybridized carbons (Fsp3) is 0.0370. The fourth-order valence-electron chi connectivity index (χ4n) is 3.76. The van der Waals surface area contributed by atoms with E-state index < -0.39 is 0 Å². The molecule has 2 heterocycles. The van der Waals surface area contributed by atoms with Gasteiger partial charge in [-0.2, -0.15) is 0 Å². The predicted octanol–water partition coefficient (Wildman–Crippen LogP) is 6.88. The summed E-state index contributed by atoms with van der Waals surface area (Å²) in [7, 11) is 1.39. The zero-order valence-electron chi connectivity index (χ0n) is 17.3. The number of rotatable bonds is 4. The number of ether oxygens (including phenoxy) is 1. The normalized spacial score (nSPS) is 10.9. The lowest BCUT2D eigenvalue weighted by molar-refractivity contribution is 0.0601. The van der Waals surface area contributed by atoms with E-state index in [1.54, 1.807) is 12.1 Å². The van der Waals surface area contributed by atoms with Crippen LogP contribution in [0.4, 0.5) is 0 Å². The highest BCUT2D eigenvalue weighted by molar-refractivity contribution is 9.10. The van der Waals surface area contributed by atoms with E-state index in [4.69, 9.17) is 9.72 Å². The number of methoxy groups -OCH3 is 1. The molecular weight excluding hydrogens is 464 g/mol. The molecule has 0 aliphatic heterocycles. The van der Waals surface area contributed by atoms with Gasteiger partial charge in [0.05, 0.1) is 18.4 Å². The maximum atomic E-state index is 11.9. The van der Waals surface area contributed by atoms with Gasteiger partial charge in [-0.25, -0.2) is 9.78 Å². The molecule has 156 valence electrons. The van der Waals surface area contributed by atoms with Crippen LogP contribution >= 0.6 is 15.9 Å². The zero-order valence-corrected chi connectivity index (χ0v) is 18.9. The molecule has 3 aromatic carbocycles. The van der Waals surface area contributed by atoms with Gasteiger partial charge >= 0.3 is 5.97 Å². The molecule has 0 spiro atoms. The number of fused-ring (bicyclic) bond motifs is 1. The van der Waals surface area contributed by atoms with E-state index >= 15 is 0 Å². The van der Waals surface area contributed by atoms with E-state index in [1.807, 2.05) is 42.5 Å². The Morgan fingerprint density at radius 3 is 2.19 bits per heavy atom. The first kappa shape index (κ1) is 20.2. The number of carbonyl (C=O) groups is 1. The second-order valence-electron chi connectivity index (χ2n) is 7.44. The first-order chi connectivity index (χ1) is 15.6. The number of nitrogens with zero attached hydrogens (tertiary/aromatic N) is 2. The highest BCUT2D eigenvalue weighted by Crippen LogP contribution is 2.32. The molecule has 0 unspecified atom stereocenters. The van der Waals surface area contributed by atoms with Crippen LogP contribution in [0, 0.1) is 0 Å². The lowest BCUT2D eigenvalue weighted by Crippen LogP contribution is -2.00. The van der Waals surface area contributed by atoms with Crippen molar-refractivity contribution in [1.29, 1.82) is 0 Å². The molecule has 32 heavy (non-hydrogen) atoms. The van der Waals surface area contributed by atoms with Crippen LogP contribution in [0.3, 0.4) is 0 Å². The smallest absolute Gasteiger partial charge is 0.337 e. The summed E-state index contributed by atoms with van der Waals surface area (Å²) >= 11 is 3.51. The molecule has 0 saturated carbocycles. The molecule has 0 saturated heterocycles. The van der Waals surface area contributed by atoms with E-state index in [0.717, 1.165) is 43.6 Å². The van der Waals surface area contributed by atoms with E-state index in [9.17, 15) is 4.79 Å². The maximum absolute atomic E-state index is 11.9. The molecule has 5 heteroatoms. The summed E-state index contributed by atoms with van der Waals surface area (Å²) in [4.78, 5) is 16.8. The molecule has 0 bridgehead atoms. The van der Waals surface area contributed by atoms with Crippen molar-refractivity contribution in [1.82, 2.24) is 9.38 Å². The minimum atomic E-state index is -0.350. The Hall–Kier alpha value is -3.70. The molecule has 0 atom stereocenters. The van der Waals surface area contributed by atoms with Crippen molar-refractivity contribution in [3.63, 3.8) is 0 Å². The van der Waals surface area contributed by atoms with Crippen molar-refractivity contribution >= 4 is 27.5 Å². The average molecular weight is 483 g/mol. The second kappa shape index (κ2) is 8.44. The number of imidazole rings is 1. The quantitative estimate of drug-likeness (QED) is 0.262. The van der Waals surface area contributed by atoms with Crippen LogP contribution in [0.5, 0.6) is 0 Å². The van der Waals surface area contributed by atoms with E-state index in [0.29, 0.717) is 5.56 Å². The third-order valence-corrected chi connectivity index (χ3v) is 5.94. The monoisotopic (exact) mass is 482 g/mol. The summed E-state index contributed by atoms with van der Waals surface area (Å²) in [5, 5.41) is 0. The van der Waals surface area contributed by atoms with Crippen molar-refractivity contribution in [2.45, 2.75) is 0 Å². The third kappa shape index (κ3) is 3.83. The molecule has 5 aromatic rings. The average Bonchev–Trinajstić information content (AvgIpc) is 3.28. The lowest BCUT2D eigenvalue weighted by Gasteiger charge is -2.10. The second-order valence-corrected chi connectivity index (χ2v) is 8.36. The Bertz CT molecular complexity index is 1410. The van der Waals surface area contributed by atoms with Crippen LogP contribution in [0.2, 0.25) is 0 Å². The molecule has 0 amide bonds. The number of pyridine rings is 1. The van der Waals surface area contributed by atoms with Crippen LogP contribution < -0.4 is 0 Å². The van der Waals surface area contributed by atoms with Crippen LogP contribution in [-0.2, 0) is 4.74 Å². The topological polar surface area (TPSA) is 43.6 Å². The Kier molecular flexibility index (Phi) is 5.33. The molecule has 5 rings (SSSR count). The number of hydrogen-bond donors (Lipinski definition) is 0. The van der Waals surface area contributed by atoms with Crippen molar-refractivity contribution in [2.75, 3.05) is 7.11 Å². The predicted molar refractivity (Wildman–Crippen MR) is 131 cm³/mol. The largest absolute Gasteiger partial charge is 0.465 e.